The van der Waals surface area contributed by atoms with Crippen molar-refractivity contribution in [3.63, 3.8) is 0 Å². The number of halogens is 8. The van der Waals surface area contributed by atoms with Crippen molar-refractivity contribution in [2.45, 2.75) is 31.4 Å². The highest BCUT2D eigenvalue weighted by molar-refractivity contribution is 6.42. The number of hydrogen-bond donors (Lipinski definition) is 0. The summed E-state index contributed by atoms with van der Waals surface area (Å²) in [4.78, 5) is 3.44. The minimum absolute atomic E-state index is 0.152. The second-order valence-electron chi connectivity index (χ2n) is 8.28. The minimum Gasteiger partial charge on any atom is -0.363 e. The summed E-state index contributed by atoms with van der Waals surface area (Å²) in [5.74, 6) is 0. The smallest absolute Gasteiger partial charge is 0.363 e. The maximum atomic E-state index is 13.4. The predicted molar refractivity (Wildman–Crippen MR) is 126 cm³/mol. The Hall–Kier alpha value is -2.58. The minimum atomic E-state index is -4.58. The SMILES string of the molecule is FC(F)(F)CCN1c2ccccc2N(Cc2cccc(Cl)c2Cl)C[C@H]1c1cccc(C(F)(F)F)c1. The number of hydrogen-bond acceptors (Lipinski definition) is 2. The molecule has 2 nitrogen and oxygen atoms in total. The van der Waals surface area contributed by atoms with E-state index in [0.717, 1.165) is 12.1 Å². The number of benzene rings is 3. The van der Waals surface area contributed by atoms with Crippen LogP contribution in [0.5, 0.6) is 0 Å². The molecular formula is C25H20Cl2F6N2. The topological polar surface area (TPSA) is 6.48 Å². The van der Waals surface area contributed by atoms with Crippen molar-refractivity contribution in [3.8, 4) is 0 Å². The van der Waals surface area contributed by atoms with Gasteiger partial charge in [0.2, 0.25) is 0 Å². The van der Waals surface area contributed by atoms with Crippen molar-refractivity contribution in [3.05, 3.63) is 93.5 Å². The molecule has 0 aliphatic carbocycles. The molecular weight excluding hydrogens is 513 g/mol. The Kier molecular flexibility index (Phi) is 7.16. The third-order valence-corrected chi connectivity index (χ3v) is 6.79. The molecule has 0 fully saturated rings. The van der Waals surface area contributed by atoms with Crippen LogP contribution >= 0.6 is 23.2 Å². The highest BCUT2D eigenvalue weighted by atomic mass is 35.5. The summed E-state index contributed by atoms with van der Waals surface area (Å²) in [7, 11) is 0. The van der Waals surface area contributed by atoms with E-state index < -0.39 is 36.9 Å². The summed E-state index contributed by atoms with van der Waals surface area (Å²) >= 11 is 12.5. The zero-order chi connectivity index (χ0) is 25.4. The van der Waals surface area contributed by atoms with Gasteiger partial charge in [-0.3, -0.25) is 0 Å². The molecule has 10 heteroatoms. The highest BCUT2D eigenvalue weighted by Crippen LogP contribution is 2.43. The quantitative estimate of drug-likeness (QED) is 0.304. The normalized spacial score (nSPS) is 16.4. The molecule has 1 heterocycles. The maximum absolute atomic E-state index is 13.4. The van der Waals surface area contributed by atoms with Crippen molar-refractivity contribution in [2.75, 3.05) is 22.9 Å². The van der Waals surface area contributed by atoms with Gasteiger partial charge in [-0.25, -0.2) is 0 Å². The zero-order valence-electron chi connectivity index (χ0n) is 18.2. The van der Waals surface area contributed by atoms with Crippen molar-refractivity contribution >= 4 is 34.6 Å². The first-order valence-electron chi connectivity index (χ1n) is 10.7. The van der Waals surface area contributed by atoms with Gasteiger partial charge in [0, 0.05) is 19.6 Å². The second kappa shape index (κ2) is 9.82. The Morgan fingerprint density at radius 3 is 2.20 bits per heavy atom. The molecule has 1 aliphatic rings. The van der Waals surface area contributed by atoms with Gasteiger partial charge in [0.25, 0.3) is 0 Å². The van der Waals surface area contributed by atoms with E-state index >= 15 is 0 Å². The third-order valence-electron chi connectivity index (χ3n) is 5.93. The Balaban J connectivity index is 1.79. The van der Waals surface area contributed by atoms with Crippen LogP contribution in [0.3, 0.4) is 0 Å². The van der Waals surface area contributed by atoms with Crippen LogP contribution < -0.4 is 9.80 Å². The van der Waals surface area contributed by atoms with Crippen LogP contribution in [0.25, 0.3) is 0 Å². The molecule has 186 valence electrons. The number of nitrogens with zero attached hydrogens (tertiary/aromatic N) is 2. The fourth-order valence-electron chi connectivity index (χ4n) is 4.31. The van der Waals surface area contributed by atoms with Crippen LogP contribution in [-0.4, -0.2) is 19.3 Å². The van der Waals surface area contributed by atoms with Gasteiger partial charge in [-0.05, 0) is 41.5 Å². The molecule has 1 aliphatic heterocycles. The largest absolute Gasteiger partial charge is 0.416 e. The zero-order valence-corrected chi connectivity index (χ0v) is 19.7. The standard InChI is InChI=1S/C25H20Cl2F6N2/c26-19-8-4-6-17(23(19)27)14-34-15-22(16-5-3-7-18(13-16)25(31,32)33)35(12-11-24(28,29)30)21-10-2-1-9-20(21)34/h1-10,13,22H,11-12,14-15H2/t22-/m0/s1. The number of rotatable bonds is 5. The van der Waals surface area contributed by atoms with E-state index in [9.17, 15) is 26.3 Å². The molecule has 3 aromatic carbocycles. The van der Waals surface area contributed by atoms with E-state index in [0.29, 0.717) is 27.0 Å². The molecule has 0 saturated heterocycles. The Morgan fingerprint density at radius 2 is 1.51 bits per heavy atom. The van der Waals surface area contributed by atoms with Gasteiger partial charge >= 0.3 is 12.4 Å². The van der Waals surface area contributed by atoms with Crippen LogP contribution in [0.15, 0.2) is 66.7 Å². The summed E-state index contributed by atoms with van der Waals surface area (Å²) in [6, 6.07) is 16.1. The van der Waals surface area contributed by atoms with Crippen LogP contribution in [0.2, 0.25) is 10.0 Å². The first-order chi connectivity index (χ1) is 16.4. The molecule has 1 atom stereocenters. The van der Waals surface area contributed by atoms with Crippen LogP contribution in [-0.2, 0) is 12.7 Å². The lowest BCUT2D eigenvalue weighted by molar-refractivity contribution is -0.137. The molecule has 0 amide bonds. The summed E-state index contributed by atoms with van der Waals surface area (Å²) in [6.45, 7) is 0.0329. The third kappa shape index (κ3) is 5.81. The van der Waals surface area contributed by atoms with E-state index in [-0.39, 0.29) is 18.7 Å². The van der Waals surface area contributed by atoms with Gasteiger partial charge in [-0.2, -0.15) is 26.3 Å². The predicted octanol–water partition coefficient (Wildman–Crippen LogP) is 8.53. The van der Waals surface area contributed by atoms with Gasteiger partial charge < -0.3 is 9.80 Å². The average Bonchev–Trinajstić information content (AvgIpc) is 2.80. The maximum Gasteiger partial charge on any atom is 0.416 e. The van der Waals surface area contributed by atoms with Crippen molar-refractivity contribution < 1.29 is 26.3 Å². The molecule has 0 unspecified atom stereocenters. The fourth-order valence-corrected chi connectivity index (χ4v) is 4.68. The lowest BCUT2D eigenvalue weighted by Crippen LogP contribution is -2.44. The van der Waals surface area contributed by atoms with Crippen molar-refractivity contribution in [1.29, 1.82) is 0 Å². The van der Waals surface area contributed by atoms with E-state index in [4.69, 9.17) is 23.2 Å². The number of fused-ring (bicyclic) bond motifs is 1. The monoisotopic (exact) mass is 532 g/mol. The summed E-state index contributed by atoms with van der Waals surface area (Å²) in [5.41, 5.74) is 1.28. The van der Waals surface area contributed by atoms with Gasteiger partial charge in [0.05, 0.1) is 39.4 Å². The molecule has 0 spiro atoms. The lowest BCUT2D eigenvalue weighted by Gasteiger charge is -2.45. The van der Waals surface area contributed by atoms with Crippen LogP contribution in [0, 0.1) is 0 Å². The molecule has 35 heavy (non-hydrogen) atoms. The summed E-state index contributed by atoms with van der Waals surface area (Å²) in [5, 5.41) is 0.706. The van der Waals surface area contributed by atoms with E-state index in [1.807, 2.05) is 4.90 Å². The van der Waals surface area contributed by atoms with Gasteiger partial charge in [0.1, 0.15) is 0 Å². The van der Waals surface area contributed by atoms with E-state index in [1.54, 1.807) is 42.5 Å². The Bertz CT molecular complexity index is 1200. The first kappa shape index (κ1) is 25.5. The van der Waals surface area contributed by atoms with Crippen molar-refractivity contribution in [2.24, 2.45) is 0 Å². The van der Waals surface area contributed by atoms with Gasteiger partial charge in [-0.15, -0.1) is 0 Å². The van der Waals surface area contributed by atoms with Gasteiger partial charge in [0.15, 0.2) is 0 Å². The Labute approximate surface area is 208 Å². The number of anilines is 2. The molecule has 0 radical (unpaired) electrons. The average molecular weight is 533 g/mol. The molecule has 3 aromatic rings. The fraction of sp³-hybridized carbons (Fsp3) is 0.280. The molecule has 0 N–H and O–H groups in total. The van der Waals surface area contributed by atoms with E-state index in [2.05, 4.69) is 0 Å². The molecule has 0 aromatic heterocycles. The first-order valence-corrected chi connectivity index (χ1v) is 11.5. The molecule has 4 rings (SSSR count). The van der Waals surface area contributed by atoms with Crippen LogP contribution in [0.4, 0.5) is 37.7 Å². The molecule has 0 saturated carbocycles. The molecule has 0 bridgehead atoms. The lowest BCUT2D eigenvalue weighted by atomic mass is 9.97. The number of para-hydroxylation sites is 2. The Morgan fingerprint density at radius 1 is 0.829 bits per heavy atom. The van der Waals surface area contributed by atoms with Crippen molar-refractivity contribution in [1.82, 2.24) is 0 Å². The van der Waals surface area contributed by atoms with Crippen LogP contribution in [0.1, 0.15) is 29.2 Å². The summed E-state index contributed by atoms with van der Waals surface area (Å²) in [6.07, 6.45) is -10.1. The number of alkyl halides is 6. The summed E-state index contributed by atoms with van der Waals surface area (Å²) < 4.78 is 79.8. The van der Waals surface area contributed by atoms with Gasteiger partial charge in [-0.1, -0.05) is 59.6 Å². The highest BCUT2D eigenvalue weighted by Gasteiger charge is 2.37. The van der Waals surface area contributed by atoms with E-state index in [1.165, 1.54) is 17.0 Å². The second-order valence-corrected chi connectivity index (χ2v) is 9.06.